The van der Waals surface area contributed by atoms with Crippen LogP contribution in [0.15, 0.2) is 0 Å². The van der Waals surface area contributed by atoms with E-state index in [0.717, 1.165) is 6.42 Å². The van der Waals surface area contributed by atoms with Crippen LogP contribution >= 0.6 is 0 Å². The average Bonchev–Trinajstić information content (AvgIpc) is 2.11. The Morgan fingerprint density at radius 3 is 2.57 bits per heavy atom. The molecule has 0 saturated heterocycles. The Kier molecular flexibility index (Phi) is 7.49. The second-order valence-corrected chi connectivity index (χ2v) is 2.73. The minimum atomic E-state index is -0.830. The fourth-order valence-electron chi connectivity index (χ4n) is 0.806. The Balaban J connectivity index is 3.13. The third-order valence-electron chi connectivity index (χ3n) is 1.45. The number of unbranched alkanes of at least 4 members (excludes halogenated alkanes) is 1. The molecule has 0 fully saturated rings. The molecule has 0 saturated carbocycles. The summed E-state index contributed by atoms with van der Waals surface area (Å²) in [6.07, 6.45) is 2.29. The summed E-state index contributed by atoms with van der Waals surface area (Å²) >= 11 is 0. The molecule has 14 heavy (non-hydrogen) atoms. The van der Waals surface area contributed by atoms with E-state index < -0.39 is 5.09 Å². The lowest BCUT2D eigenvalue weighted by Crippen LogP contribution is -2.07. The van der Waals surface area contributed by atoms with Gasteiger partial charge in [-0.25, -0.2) is 0 Å². The van der Waals surface area contributed by atoms with Crippen LogP contribution in [0.4, 0.5) is 0 Å². The van der Waals surface area contributed by atoms with E-state index >= 15 is 0 Å². The number of carbonyl (C=O) groups is 1. The fraction of sp³-hybridized carbons (Fsp3) is 0.875. The van der Waals surface area contributed by atoms with E-state index in [1.807, 2.05) is 6.92 Å². The van der Waals surface area contributed by atoms with Gasteiger partial charge < -0.3 is 9.57 Å². The molecule has 0 atom stereocenters. The number of hydrogen-bond acceptors (Lipinski definition) is 5. The molecule has 82 valence electrons. The highest BCUT2D eigenvalue weighted by Crippen LogP contribution is 1.95. The van der Waals surface area contributed by atoms with Crippen molar-refractivity contribution < 1.29 is 19.5 Å². The summed E-state index contributed by atoms with van der Waals surface area (Å²) in [5, 5.41) is 8.89. The Bertz CT molecular complexity index is 183. The minimum absolute atomic E-state index is 0.0539. The monoisotopic (exact) mass is 205 g/mol. The molecule has 0 aliphatic rings. The predicted molar refractivity (Wildman–Crippen MR) is 48.0 cm³/mol. The molecule has 0 amide bonds. The first kappa shape index (κ1) is 12.7. The van der Waals surface area contributed by atoms with Crippen molar-refractivity contribution in [2.75, 3.05) is 13.2 Å². The number of carbonyl (C=O) groups excluding carboxylic acids is 1. The number of rotatable bonds is 8. The van der Waals surface area contributed by atoms with E-state index in [0.29, 0.717) is 25.9 Å². The highest BCUT2D eigenvalue weighted by molar-refractivity contribution is 5.69. The summed E-state index contributed by atoms with van der Waals surface area (Å²) in [7, 11) is 0. The van der Waals surface area contributed by atoms with Crippen LogP contribution in [0.1, 0.15) is 32.6 Å². The summed E-state index contributed by atoms with van der Waals surface area (Å²) in [5.74, 6) is -0.220. The third-order valence-corrected chi connectivity index (χ3v) is 1.45. The van der Waals surface area contributed by atoms with Crippen LogP contribution in [0, 0.1) is 10.1 Å². The maximum Gasteiger partial charge on any atom is 0.305 e. The molecule has 0 heterocycles. The van der Waals surface area contributed by atoms with Gasteiger partial charge >= 0.3 is 5.97 Å². The van der Waals surface area contributed by atoms with Crippen LogP contribution < -0.4 is 0 Å². The molecular formula is C8H15NO5. The topological polar surface area (TPSA) is 78.7 Å². The number of ether oxygens (including phenoxy) is 1. The van der Waals surface area contributed by atoms with Crippen molar-refractivity contribution in [3.05, 3.63) is 10.1 Å². The molecule has 0 aromatic heterocycles. The molecule has 0 bridgehead atoms. The Labute approximate surface area is 82.3 Å². The van der Waals surface area contributed by atoms with E-state index in [1.165, 1.54) is 0 Å². The average molecular weight is 205 g/mol. The van der Waals surface area contributed by atoms with Crippen molar-refractivity contribution in [2.24, 2.45) is 0 Å². The van der Waals surface area contributed by atoms with E-state index in [1.54, 1.807) is 0 Å². The van der Waals surface area contributed by atoms with Crippen LogP contribution in [-0.2, 0) is 14.4 Å². The Morgan fingerprint density at radius 2 is 2.00 bits per heavy atom. The summed E-state index contributed by atoms with van der Waals surface area (Å²) in [4.78, 5) is 24.6. The van der Waals surface area contributed by atoms with E-state index in [9.17, 15) is 14.9 Å². The van der Waals surface area contributed by atoms with Gasteiger partial charge in [0.05, 0.1) is 13.2 Å². The molecule has 0 spiro atoms. The fourth-order valence-corrected chi connectivity index (χ4v) is 0.806. The highest BCUT2D eigenvalue weighted by atomic mass is 16.9. The molecule has 0 radical (unpaired) electrons. The molecule has 0 aliphatic heterocycles. The van der Waals surface area contributed by atoms with Crippen LogP contribution in [0.25, 0.3) is 0 Å². The van der Waals surface area contributed by atoms with Gasteiger partial charge in [-0.05, 0) is 19.3 Å². The van der Waals surface area contributed by atoms with E-state index in [2.05, 4.69) is 4.84 Å². The lowest BCUT2D eigenvalue weighted by atomic mass is 10.3. The number of nitrogens with zero attached hydrogens (tertiary/aromatic N) is 1. The summed E-state index contributed by atoms with van der Waals surface area (Å²) in [6, 6.07) is 0. The van der Waals surface area contributed by atoms with Gasteiger partial charge in [0.25, 0.3) is 5.09 Å². The van der Waals surface area contributed by atoms with Gasteiger partial charge in [0.1, 0.15) is 0 Å². The molecule has 6 nitrogen and oxygen atoms in total. The first-order valence-electron chi connectivity index (χ1n) is 4.59. The van der Waals surface area contributed by atoms with Gasteiger partial charge in [-0.2, -0.15) is 0 Å². The molecule has 0 aromatic carbocycles. The Hall–Kier alpha value is -1.33. The normalized spacial score (nSPS) is 9.50. The maximum atomic E-state index is 10.8. The zero-order valence-electron chi connectivity index (χ0n) is 8.23. The molecular weight excluding hydrogens is 190 g/mol. The zero-order chi connectivity index (χ0) is 10.8. The summed E-state index contributed by atoms with van der Waals surface area (Å²) < 4.78 is 4.83. The largest absolute Gasteiger partial charge is 0.466 e. The lowest BCUT2D eigenvalue weighted by Gasteiger charge is -2.02. The molecule has 0 N–H and O–H groups in total. The first-order valence-corrected chi connectivity index (χ1v) is 4.59. The second-order valence-electron chi connectivity index (χ2n) is 2.73. The van der Waals surface area contributed by atoms with Gasteiger partial charge in [-0.15, -0.1) is 10.1 Å². The smallest absolute Gasteiger partial charge is 0.305 e. The van der Waals surface area contributed by atoms with Crippen molar-refractivity contribution >= 4 is 5.97 Å². The standard InChI is InChI=1S/C8H15NO5/c1-2-5-8(10)13-6-3-4-7-14-9(11)12/h2-7H2,1H3. The van der Waals surface area contributed by atoms with Crippen molar-refractivity contribution in [3.63, 3.8) is 0 Å². The van der Waals surface area contributed by atoms with Crippen molar-refractivity contribution in [3.8, 4) is 0 Å². The van der Waals surface area contributed by atoms with Gasteiger partial charge in [-0.3, -0.25) is 4.79 Å². The van der Waals surface area contributed by atoms with E-state index in [-0.39, 0.29) is 12.6 Å². The summed E-state index contributed by atoms with van der Waals surface area (Å²) in [6.45, 7) is 2.25. The van der Waals surface area contributed by atoms with Gasteiger partial charge in [0.15, 0.2) is 0 Å². The van der Waals surface area contributed by atoms with Crippen LogP contribution in [-0.4, -0.2) is 24.3 Å². The number of esters is 1. The lowest BCUT2D eigenvalue weighted by molar-refractivity contribution is -0.757. The minimum Gasteiger partial charge on any atom is -0.466 e. The molecule has 0 aromatic rings. The van der Waals surface area contributed by atoms with Crippen molar-refractivity contribution in [1.29, 1.82) is 0 Å². The zero-order valence-corrected chi connectivity index (χ0v) is 8.23. The van der Waals surface area contributed by atoms with Gasteiger partial charge in [0, 0.05) is 6.42 Å². The van der Waals surface area contributed by atoms with Gasteiger partial charge in [0.2, 0.25) is 0 Å². The maximum absolute atomic E-state index is 10.8. The predicted octanol–water partition coefficient (Wildman–Crippen LogP) is 1.32. The van der Waals surface area contributed by atoms with Crippen molar-refractivity contribution in [2.45, 2.75) is 32.6 Å². The Morgan fingerprint density at radius 1 is 1.36 bits per heavy atom. The SMILES string of the molecule is CCCC(=O)OCCCCO[N+](=O)[O-]. The van der Waals surface area contributed by atoms with Crippen LogP contribution in [0.3, 0.4) is 0 Å². The van der Waals surface area contributed by atoms with Gasteiger partial charge in [-0.1, -0.05) is 6.92 Å². The van der Waals surface area contributed by atoms with Crippen LogP contribution in [0.5, 0.6) is 0 Å². The molecule has 6 heteroatoms. The molecule has 0 aliphatic carbocycles. The number of hydrogen-bond donors (Lipinski definition) is 0. The second kappa shape index (κ2) is 8.28. The quantitative estimate of drug-likeness (QED) is 0.258. The van der Waals surface area contributed by atoms with Crippen LogP contribution in [0.2, 0.25) is 0 Å². The first-order chi connectivity index (χ1) is 6.66. The summed E-state index contributed by atoms with van der Waals surface area (Å²) in [5.41, 5.74) is 0. The molecule has 0 unspecified atom stereocenters. The van der Waals surface area contributed by atoms with Crippen molar-refractivity contribution in [1.82, 2.24) is 0 Å². The van der Waals surface area contributed by atoms with E-state index in [4.69, 9.17) is 4.74 Å². The third kappa shape index (κ3) is 8.76. The molecule has 0 rings (SSSR count). The highest BCUT2D eigenvalue weighted by Gasteiger charge is 2.00.